The van der Waals surface area contributed by atoms with E-state index in [1.165, 1.54) is 96.3 Å². The Balaban J connectivity index is 0.000000176. The molecule has 2 heteroatoms. The van der Waals surface area contributed by atoms with E-state index in [0.29, 0.717) is 12.1 Å². The second-order valence-corrected chi connectivity index (χ2v) is 8.33. The van der Waals surface area contributed by atoms with Crippen molar-refractivity contribution >= 4 is 0 Å². The van der Waals surface area contributed by atoms with E-state index in [9.17, 15) is 0 Å². The number of rotatable bonds is 1. The van der Waals surface area contributed by atoms with Gasteiger partial charge in [-0.1, -0.05) is 84.5 Å². The van der Waals surface area contributed by atoms with Gasteiger partial charge in [0.25, 0.3) is 0 Å². The Hall–Kier alpha value is -0.0800. The molecule has 0 aromatic heterocycles. The molecular weight excluding hydrogens is 280 g/mol. The summed E-state index contributed by atoms with van der Waals surface area (Å²) in [4.78, 5) is 0. The van der Waals surface area contributed by atoms with Crippen molar-refractivity contribution in [3.8, 4) is 0 Å². The predicted molar refractivity (Wildman–Crippen MR) is 104 cm³/mol. The highest BCUT2D eigenvalue weighted by Crippen LogP contribution is 2.29. The second-order valence-electron chi connectivity index (χ2n) is 8.33. The van der Waals surface area contributed by atoms with Crippen LogP contribution in [0.15, 0.2) is 0 Å². The molecule has 0 radical (unpaired) electrons. The third-order valence-corrected chi connectivity index (χ3v) is 6.01. The molecule has 0 aliphatic heterocycles. The summed E-state index contributed by atoms with van der Waals surface area (Å²) in [6.45, 7) is 4.70. The van der Waals surface area contributed by atoms with E-state index in [0.717, 1.165) is 11.8 Å². The number of hydrogen-bond donors (Lipinski definition) is 2. The van der Waals surface area contributed by atoms with Gasteiger partial charge in [0.2, 0.25) is 0 Å². The Morgan fingerprint density at radius 1 is 0.609 bits per heavy atom. The summed E-state index contributed by atoms with van der Waals surface area (Å²) in [5.41, 5.74) is 11.3. The zero-order chi connectivity index (χ0) is 16.9. The average molecular weight is 325 g/mol. The Bertz CT molecular complexity index is 245. The van der Waals surface area contributed by atoms with Gasteiger partial charge in [-0.05, 0) is 37.5 Å². The van der Waals surface area contributed by atoms with Crippen molar-refractivity contribution in [3.05, 3.63) is 0 Å². The van der Waals surface area contributed by atoms with Crippen LogP contribution < -0.4 is 11.5 Å². The SMILES string of the molecule is CCC1CCC(C)CC1.NC1CCCC1.NC1CCCCCC1. The first-order valence-electron chi connectivity index (χ1n) is 10.6. The Morgan fingerprint density at radius 2 is 1.00 bits per heavy atom. The summed E-state index contributed by atoms with van der Waals surface area (Å²) in [5, 5.41) is 0. The van der Waals surface area contributed by atoms with Crippen LogP contribution in [-0.2, 0) is 0 Å². The average Bonchev–Trinajstić information content (AvgIpc) is 2.91. The third-order valence-electron chi connectivity index (χ3n) is 6.01. The second kappa shape index (κ2) is 13.2. The van der Waals surface area contributed by atoms with Crippen molar-refractivity contribution in [2.45, 2.75) is 122 Å². The Labute approximate surface area is 146 Å². The third kappa shape index (κ3) is 11.2. The maximum Gasteiger partial charge on any atom is 0.00388 e. The monoisotopic (exact) mass is 324 g/mol. The van der Waals surface area contributed by atoms with Crippen LogP contribution in [0.25, 0.3) is 0 Å². The molecule has 0 saturated heterocycles. The lowest BCUT2D eigenvalue weighted by atomic mass is 9.82. The standard InChI is InChI=1S/C9H18.C7H15N.C5H11N/c1-3-9-6-4-8(2)5-7-9;8-7-5-3-1-2-4-6-7;6-5-3-1-2-4-5/h8-9H,3-7H2,1-2H3;7H,1-6,8H2;5H,1-4,6H2. The van der Waals surface area contributed by atoms with Gasteiger partial charge in [0.05, 0.1) is 0 Å². The summed E-state index contributed by atoms with van der Waals surface area (Å²) < 4.78 is 0. The fourth-order valence-electron chi connectivity index (χ4n) is 4.01. The Kier molecular flexibility index (Phi) is 12.1. The van der Waals surface area contributed by atoms with Crippen LogP contribution in [-0.4, -0.2) is 12.1 Å². The summed E-state index contributed by atoms with van der Waals surface area (Å²) in [6, 6.07) is 1.07. The molecule has 3 fully saturated rings. The predicted octanol–water partition coefficient (Wildman–Crippen LogP) is 5.78. The first-order chi connectivity index (χ1) is 11.1. The van der Waals surface area contributed by atoms with Crippen molar-refractivity contribution in [3.63, 3.8) is 0 Å². The smallest absolute Gasteiger partial charge is 0.00388 e. The van der Waals surface area contributed by atoms with Crippen LogP contribution in [0, 0.1) is 11.8 Å². The lowest BCUT2D eigenvalue weighted by Gasteiger charge is -2.24. The van der Waals surface area contributed by atoms with Gasteiger partial charge >= 0.3 is 0 Å². The summed E-state index contributed by atoms with van der Waals surface area (Å²) in [7, 11) is 0. The van der Waals surface area contributed by atoms with Gasteiger partial charge < -0.3 is 11.5 Å². The van der Waals surface area contributed by atoms with Crippen LogP contribution in [0.4, 0.5) is 0 Å². The largest absolute Gasteiger partial charge is 0.328 e. The fraction of sp³-hybridized carbons (Fsp3) is 1.00. The molecule has 138 valence electrons. The topological polar surface area (TPSA) is 52.0 Å². The maximum atomic E-state index is 5.73. The lowest BCUT2D eigenvalue weighted by molar-refractivity contribution is 0.284. The summed E-state index contributed by atoms with van der Waals surface area (Å²) in [6.07, 6.45) is 20.7. The molecular formula is C21H44N2. The van der Waals surface area contributed by atoms with Crippen LogP contribution in [0.1, 0.15) is 110 Å². The minimum absolute atomic E-state index is 0.525. The van der Waals surface area contributed by atoms with E-state index < -0.39 is 0 Å². The van der Waals surface area contributed by atoms with E-state index in [4.69, 9.17) is 11.5 Å². The van der Waals surface area contributed by atoms with Crippen LogP contribution in [0.3, 0.4) is 0 Å². The van der Waals surface area contributed by atoms with Crippen molar-refractivity contribution < 1.29 is 0 Å². The zero-order valence-electron chi connectivity index (χ0n) is 16.1. The maximum absolute atomic E-state index is 5.73. The van der Waals surface area contributed by atoms with Crippen molar-refractivity contribution in [2.75, 3.05) is 0 Å². The number of nitrogens with two attached hydrogens (primary N) is 2. The highest BCUT2D eigenvalue weighted by molar-refractivity contribution is 4.68. The molecule has 23 heavy (non-hydrogen) atoms. The molecule has 0 aromatic rings. The molecule has 4 N–H and O–H groups in total. The Morgan fingerprint density at radius 3 is 1.39 bits per heavy atom. The van der Waals surface area contributed by atoms with Crippen LogP contribution in [0.2, 0.25) is 0 Å². The van der Waals surface area contributed by atoms with E-state index in [1.807, 2.05) is 0 Å². The molecule has 0 spiro atoms. The summed E-state index contributed by atoms with van der Waals surface area (Å²) >= 11 is 0. The van der Waals surface area contributed by atoms with Gasteiger partial charge in [-0.3, -0.25) is 0 Å². The van der Waals surface area contributed by atoms with E-state index in [1.54, 1.807) is 0 Å². The van der Waals surface area contributed by atoms with Crippen molar-refractivity contribution in [2.24, 2.45) is 23.3 Å². The van der Waals surface area contributed by atoms with Crippen molar-refractivity contribution in [1.82, 2.24) is 0 Å². The molecule has 0 heterocycles. The van der Waals surface area contributed by atoms with E-state index >= 15 is 0 Å². The van der Waals surface area contributed by atoms with Gasteiger partial charge in [0.15, 0.2) is 0 Å². The molecule has 3 aliphatic carbocycles. The van der Waals surface area contributed by atoms with Crippen molar-refractivity contribution in [1.29, 1.82) is 0 Å². The summed E-state index contributed by atoms with van der Waals surface area (Å²) in [5.74, 6) is 2.09. The molecule has 3 saturated carbocycles. The van der Waals surface area contributed by atoms with Gasteiger partial charge in [-0.15, -0.1) is 0 Å². The van der Waals surface area contributed by atoms with Gasteiger partial charge in [0.1, 0.15) is 0 Å². The first kappa shape index (κ1) is 21.0. The molecule has 3 rings (SSSR count). The van der Waals surface area contributed by atoms with Gasteiger partial charge in [0, 0.05) is 12.1 Å². The minimum Gasteiger partial charge on any atom is -0.328 e. The molecule has 3 aliphatic rings. The molecule has 2 nitrogen and oxygen atoms in total. The van der Waals surface area contributed by atoms with Crippen LogP contribution >= 0.6 is 0 Å². The highest BCUT2D eigenvalue weighted by atomic mass is 14.6. The molecule has 0 bridgehead atoms. The van der Waals surface area contributed by atoms with E-state index in [-0.39, 0.29) is 0 Å². The molecule has 0 amide bonds. The minimum atomic E-state index is 0.525. The van der Waals surface area contributed by atoms with E-state index in [2.05, 4.69) is 13.8 Å². The molecule has 0 aromatic carbocycles. The van der Waals surface area contributed by atoms with Gasteiger partial charge in [-0.2, -0.15) is 0 Å². The fourth-order valence-corrected chi connectivity index (χ4v) is 4.01. The quantitative estimate of drug-likeness (QED) is 0.601. The highest BCUT2D eigenvalue weighted by Gasteiger charge is 2.15. The molecule has 0 unspecified atom stereocenters. The normalized spacial score (nSPS) is 29.7. The van der Waals surface area contributed by atoms with Crippen LogP contribution in [0.5, 0.6) is 0 Å². The van der Waals surface area contributed by atoms with Gasteiger partial charge in [-0.25, -0.2) is 0 Å². The zero-order valence-corrected chi connectivity index (χ0v) is 16.1. The first-order valence-corrected chi connectivity index (χ1v) is 10.6. The lowest BCUT2D eigenvalue weighted by Crippen LogP contribution is -2.17. The molecule has 0 atom stereocenters. The number of hydrogen-bond acceptors (Lipinski definition) is 2.